The molecule has 0 radical (unpaired) electrons. The third-order valence-corrected chi connectivity index (χ3v) is 4.95. The Kier molecular flexibility index (Phi) is 5.02. The molecule has 0 amide bonds. The van der Waals surface area contributed by atoms with Crippen LogP contribution in [0, 0.1) is 3.57 Å². The van der Waals surface area contributed by atoms with Crippen molar-refractivity contribution in [2.75, 3.05) is 7.05 Å². The van der Waals surface area contributed by atoms with Crippen LogP contribution in [0.3, 0.4) is 0 Å². The van der Waals surface area contributed by atoms with Gasteiger partial charge in [0.05, 0.1) is 3.79 Å². The van der Waals surface area contributed by atoms with Crippen molar-refractivity contribution in [2.45, 2.75) is 12.5 Å². The van der Waals surface area contributed by atoms with Gasteiger partial charge in [-0.3, -0.25) is 0 Å². The summed E-state index contributed by atoms with van der Waals surface area (Å²) in [5.41, 5.74) is 1.35. The summed E-state index contributed by atoms with van der Waals surface area (Å²) in [4.78, 5) is 1.40. The van der Waals surface area contributed by atoms with Crippen LogP contribution in [-0.4, -0.2) is 7.05 Å². The number of rotatable bonds is 4. The smallest absolute Gasteiger partial charge is 0.0701 e. The van der Waals surface area contributed by atoms with E-state index in [0.717, 1.165) is 6.42 Å². The molecule has 0 aliphatic rings. The number of halogens is 2. The quantitative estimate of drug-likeness (QED) is 0.710. The summed E-state index contributed by atoms with van der Waals surface area (Å²) in [5, 5.41) is 3.39. The van der Waals surface area contributed by atoms with Gasteiger partial charge in [-0.25, -0.2) is 0 Å². The molecule has 1 unspecified atom stereocenters. The molecule has 2 rings (SSSR count). The molecule has 0 saturated carbocycles. The van der Waals surface area contributed by atoms with Gasteiger partial charge in [-0.05, 0) is 75.4 Å². The molecule has 90 valence electrons. The van der Waals surface area contributed by atoms with Crippen LogP contribution in [-0.2, 0) is 6.42 Å². The molecule has 1 aromatic heterocycles. The van der Waals surface area contributed by atoms with E-state index in [-0.39, 0.29) is 0 Å². The molecule has 0 fully saturated rings. The average Bonchev–Trinajstić information content (AvgIpc) is 2.72. The van der Waals surface area contributed by atoms with Crippen LogP contribution >= 0.6 is 49.9 Å². The molecule has 0 aliphatic carbocycles. The molecular weight excluding hydrogens is 409 g/mol. The minimum Gasteiger partial charge on any atom is -0.313 e. The van der Waals surface area contributed by atoms with Gasteiger partial charge < -0.3 is 5.32 Å². The summed E-state index contributed by atoms with van der Waals surface area (Å²) in [7, 11) is 2.02. The Hall–Kier alpha value is 0.0900. The molecule has 1 heterocycles. The van der Waals surface area contributed by atoms with E-state index in [4.69, 9.17) is 0 Å². The average molecular weight is 422 g/mol. The van der Waals surface area contributed by atoms with Crippen molar-refractivity contribution >= 4 is 49.9 Å². The number of thiophene rings is 1. The van der Waals surface area contributed by atoms with Gasteiger partial charge in [0.1, 0.15) is 0 Å². The topological polar surface area (TPSA) is 12.0 Å². The minimum absolute atomic E-state index is 0.385. The van der Waals surface area contributed by atoms with E-state index >= 15 is 0 Å². The number of hydrogen-bond acceptors (Lipinski definition) is 2. The van der Waals surface area contributed by atoms with Crippen molar-refractivity contribution in [3.63, 3.8) is 0 Å². The monoisotopic (exact) mass is 421 g/mol. The minimum atomic E-state index is 0.385. The summed E-state index contributed by atoms with van der Waals surface area (Å²) in [6.45, 7) is 0. The van der Waals surface area contributed by atoms with Crippen molar-refractivity contribution in [3.8, 4) is 0 Å². The van der Waals surface area contributed by atoms with E-state index < -0.39 is 0 Å². The SMILES string of the molecule is CNC(Cc1ccc(Br)s1)c1cccc(I)c1. The maximum absolute atomic E-state index is 3.51. The van der Waals surface area contributed by atoms with Crippen molar-refractivity contribution in [1.29, 1.82) is 0 Å². The fourth-order valence-corrected chi connectivity index (χ4v) is 3.87. The molecule has 1 atom stereocenters. The molecule has 1 aromatic carbocycles. The summed E-state index contributed by atoms with van der Waals surface area (Å²) >= 11 is 7.67. The van der Waals surface area contributed by atoms with Gasteiger partial charge in [0.2, 0.25) is 0 Å². The highest BCUT2D eigenvalue weighted by Gasteiger charge is 2.11. The zero-order valence-corrected chi connectivity index (χ0v) is 14.0. The second-order valence-electron chi connectivity index (χ2n) is 3.81. The van der Waals surface area contributed by atoms with Gasteiger partial charge in [-0.2, -0.15) is 0 Å². The first-order chi connectivity index (χ1) is 8.19. The predicted molar refractivity (Wildman–Crippen MR) is 86.7 cm³/mol. The van der Waals surface area contributed by atoms with Crippen molar-refractivity contribution < 1.29 is 0 Å². The summed E-state index contributed by atoms with van der Waals surface area (Å²) < 4.78 is 2.48. The molecule has 0 bridgehead atoms. The first-order valence-electron chi connectivity index (χ1n) is 5.36. The number of likely N-dealkylation sites (N-methyl/N-ethyl adjacent to an activating group) is 1. The van der Waals surface area contributed by atoms with Gasteiger partial charge in [0.15, 0.2) is 0 Å². The van der Waals surface area contributed by atoms with E-state index in [0.29, 0.717) is 6.04 Å². The lowest BCUT2D eigenvalue weighted by atomic mass is 10.0. The maximum atomic E-state index is 3.51. The highest BCUT2D eigenvalue weighted by Crippen LogP contribution is 2.27. The first kappa shape index (κ1) is 13.5. The molecule has 0 aliphatic heterocycles. The molecule has 0 saturated heterocycles. The Labute approximate surface area is 128 Å². The largest absolute Gasteiger partial charge is 0.313 e. The third-order valence-electron chi connectivity index (χ3n) is 2.63. The Morgan fingerprint density at radius 3 is 2.76 bits per heavy atom. The lowest BCUT2D eigenvalue weighted by Gasteiger charge is -2.16. The molecule has 0 spiro atoms. The van der Waals surface area contributed by atoms with Gasteiger partial charge >= 0.3 is 0 Å². The van der Waals surface area contributed by atoms with E-state index in [2.05, 4.69) is 80.2 Å². The lowest BCUT2D eigenvalue weighted by Crippen LogP contribution is -2.18. The number of nitrogens with one attached hydrogen (secondary N) is 1. The van der Waals surface area contributed by atoms with Gasteiger partial charge in [0, 0.05) is 20.9 Å². The molecule has 2 aromatic rings. The van der Waals surface area contributed by atoms with E-state index in [1.807, 2.05) is 7.05 Å². The van der Waals surface area contributed by atoms with Crippen LogP contribution in [0.2, 0.25) is 0 Å². The first-order valence-corrected chi connectivity index (χ1v) is 8.05. The molecular formula is C13H13BrINS. The predicted octanol–water partition coefficient (Wildman–Crippen LogP) is 4.62. The fourth-order valence-electron chi connectivity index (χ4n) is 1.77. The number of benzene rings is 1. The van der Waals surface area contributed by atoms with Crippen molar-refractivity contribution in [3.05, 3.63) is 54.2 Å². The lowest BCUT2D eigenvalue weighted by molar-refractivity contribution is 0.596. The van der Waals surface area contributed by atoms with Crippen LogP contribution in [0.25, 0.3) is 0 Å². The Balaban J connectivity index is 2.16. The van der Waals surface area contributed by atoms with E-state index in [1.54, 1.807) is 11.3 Å². The standard InChI is InChI=1S/C13H13BrINS/c1-16-12(8-11-5-6-13(14)17-11)9-3-2-4-10(15)7-9/h2-7,12,16H,8H2,1H3. The van der Waals surface area contributed by atoms with Crippen LogP contribution in [0.4, 0.5) is 0 Å². The summed E-state index contributed by atoms with van der Waals surface area (Å²) in [6, 6.07) is 13.4. The van der Waals surface area contributed by atoms with Crippen LogP contribution in [0.1, 0.15) is 16.5 Å². The van der Waals surface area contributed by atoms with Crippen LogP contribution < -0.4 is 5.32 Å². The molecule has 1 nitrogen and oxygen atoms in total. The highest BCUT2D eigenvalue weighted by atomic mass is 127. The molecule has 17 heavy (non-hydrogen) atoms. The van der Waals surface area contributed by atoms with Crippen molar-refractivity contribution in [1.82, 2.24) is 5.32 Å². The van der Waals surface area contributed by atoms with Crippen molar-refractivity contribution in [2.24, 2.45) is 0 Å². The second-order valence-corrected chi connectivity index (χ2v) is 7.60. The Bertz CT molecular complexity index is 498. The summed E-state index contributed by atoms with van der Waals surface area (Å²) in [6.07, 6.45) is 1.03. The Morgan fingerprint density at radius 1 is 1.35 bits per heavy atom. The normalized spacial score (nSPS) is 12.6. The van der Waals surface area contributed by atoms with Crippen LogP contribution in [0.15, 0.2) is 40.2 Å². The molecule has 4 heteroatoms. The fraction of sp³-hybridized carbons (Fsp3) is 0.231. The Morgan fingerprint density at radius 2 is 2.18 bits per heavy atom. The van der Waals surface area contributed by atoms with E-state index in [9.17, 15) is 0 Å². The third kappa shape index (κ3) is 3.77. The van der Waals surface area contributed by atoms with Crippen LogP contribution in [0.5, 0.6) is 0 Å². The highest BCUT2D eigenvalue weighted by molar-refractivity contribution is 14.1. The van der Waals surface area contributed by atoms with Gasteiger partial charge in [0.25, 0.3) is 0 Å². The van der Waals surface area contributed by atoms with Gasteiger partial charge in [-0.15, -0.1) is 11.3 Å². The zero-order valence-electron chi connectivity index (χ0n) is 9.41. The number of hydrogen-bond donors (Lipinski definition) is 1. The van der Waals surface area contributed by atoms with Gasteiger partial charge in [-0.1, -0.05) is 12.1 Å². The zero-order chi connectivity index (χ0) is 12.3. The van der Waals surface area contributed by atoms with E-state index in [1.165, 1.54) is 17.8 Å². The maximum Gasteiger partial charge on any atom is 0.0701 e. The molecule has 1 N–H and O–H groups in total. The summed E-state index contributed by atoms with van der Waals surface area (Å²) in [5.74, 6) is 0. The second kappa shape index (κ2) is 6.31.